The molecule has 0 aliphatic carbocycles. The van der Waals surface area contributed by atoms with Gasteiger partial charge in [-0.15, -0.1) is 0 Å². The summed E-state index contributed by atoms with van der Waals surface area (Å²) in [6.45, 7) is 5.48. The fraction of sp³-hybridized carbons (Fsp3) is 0.750. The molecular weight excluding hydrogens is 218 g/mol. The molecule has 94 valence electrons. The first-order valence-electron chi connectivity index (χ1n) is 5.90. The van der Waals surface area contributed by atoms with Crippen molar-refractivity contribution >= 4 is 11.8 Å². The lowest BCUT2D eigenvalue weighted by molar-refractivity contribution is -0.145. The molecule has 0 saturated carbocycles. The topological polar surface area (TPSA) is 73.2 Å². The van der Waals surface area contributed by atoms with Gasteiger partial charge in [0.05, 0.1) is 6.07 Å². The third-order valence-electron chi connectivity index (χ3n) is 3.15. The van der Waals surface area contributed by atoms with Crippen molar-refractivity contribution in [1.82, 2.24) is 10.2 Å². The van der Waals surface area contributed by atoms with Crippen molar-refractivity contribution in [2.45, 2.75) is 33.1 Å². The van der Waals surface area contributed by atoms with Crippen molar-refractivity contribution in [2.24, 2.45) is 5.41 Å². The van der Waals surface area contributed by atoms with Crippen LogP contribution in [-0.4, -0.2) is 36.3 Å². The number of likely N-dealkylation sites (tertiary alicyclic amines) is 1. The van der Waals surface area contributed by atoms with Crippen molar-refractivity contribution in [1.29, 1.82) is 5.26 Å². The van der Waals surface area contributed by atoms with Crippen molar-refractivity contribution < 1.29 is 9.59 Å². The summed E-state index contributed by atoms with van der Waals surface area (Å²) in [5, 5.41) is 10.6. The zero-order valence-electron chi connectivity index (χ0n) is 10.5. The van der Waals surface area contributed by atoms with Gasteiger partial charge in [0.25, 0.3) is 0 Å². The Morgan fingerprint density at radius 1 is 1.35 bits per heavy atom. The van der Waals surface area contributed by atoms with Gasteiger partial charge in [0, 0.05) is 13.1 Å². The first-order valence-corrected chi connectivity index (χ1v) is 5.90. The number of carbonyl (C=O) groups is 2. The SMILES string of the molecule is CC1(C)CCCN(C(=O)C(=O)NCC#N)CC1. The first kappa shape index (κ1) is 13.5. The standard InChI is InChI=1S/C12H19N3O2/c1-12(2)4-3-8-15(9-5-12)11(17)10(16)14-7-6-13/h3-5,7-9H2,1-2H3,(H,14,16). The Bertz CT molecular complexity index is 344. The molecule has 5 heteroatoms. The smallest absolute Gasteiger partial charge is 0.311 e. The van der Waals surface area contributed by atoms with E-state index in [1.807, 2.05) is 0 Å². The summed E-state index contributed by atoms with van der Waals surface area (Å²) in [7, 11) is 0. The zero-order chi connectivity index (χ0) is 12.9. The quantitative estimate of drug-likeness (QED) is 0.538. The van der Waals surface area contributed by atoms with Gasteiger partial charge in [0.15, 0.2) is 0 Å². The summed E-state index contributed by atoms with van der Waals surface area (Å²) in [6.07, 6.45) is 2.89. The second-order valence-corrected chi connectivity index (χ2v) is 5.15. The fourth-order valence-electron chi connectivity index (χ4n) is 1.97. The predicted octanol–water partition coefficient (Wildman–Crippen LogP) is 0.665. The van der Waals surface area contributed by atoms with Crippen LogP contribution < -0.4 is 5.32 Å². The summed E-state index contributed by atoms with van der Waals surface area (Å²) in [5.41, 5.74) is 0.234. The molecule has 0 radical (unpaired) electrons. The minimum Gasteiger partial charge on any atom is -0.335 e. The highest BCUT2D eigenvalue weighted by atomic mass is 16.2. The first-order chi connectivity index (χ1) is 7.96. The van der Waals surface area contributed by atoms with Gasteiger partial charge in [-0.05, 0) is 24.7 Å². The van der Waals surface area contributed by atoms with Crippen molar-refractivity contribution in [2.75, 3.05) is 19.6 Å². The molecule has 0 unspecified atom stereocenters. The average molecular weight is 237 g/mol. The molecule has 0 aromatic rings. The molecular formula is C12H19N3O2. The molecule has 17 heavy (non-hydrogen) atoms. The minimum absolute atomic E-state index is 0.121. The molecule has 1 saturated heterocycles. The third-order valence-corrected chi connectivity index (χ3v) is 3.15. The van der Waals surface area contributed by atoms with E-state index in [4.69, 9.17) is 5.26 Å². The van der Waals surface area contributed by atoms with Gasteiger partial charge >= 0.3 is 11.8 Å². The molecule has 1 aliphatic rings. The van der Waals surface area contributed by atoms with Gasteiger partial charge in [-0.1, -0.05) is 13.8 Å². The maximum atomic E-state index is 11.8. The van der Waals surface area contributed by atoms with E-state index >= 15 is 0 Å². The number of nitriles is 1. The monoisotopic (exact) mass is 237 g/mol. The number of hydrogen-bond donors (Lipinski definition) is 1. The van der Waals surface area contributed by atoms with E-state index in [1.54, 1.807) is 11.0 Å². The Kier molecular flexibility index (Phi) is 4.50. The Hall–Kier alpha value is -1.57. The lowest BCUT2D eigenvalue weighted by Crippen LogP contribution is -2.43. The normalized spacial score (nSPS) is 19.0. The maximum absolute atomic E-state index is 11.8. The van der Waals surface area contributed by atoms with Crippen LogP contribution in [0.4, 0.5) is 0 Å². The van der Waals surface area contributed by atoms with Crippen LogP contribution in [0.5, 0.6) is 0 Å². The van der Waals surface area contributed by atoms with Crippen molar-refractivity contribution in [3.8, 4) is 6.07 Å². The van der Waals surface area contributed by atoms with Crippen LogP contribution in [0.1, 0.15) is 33.1 Å². The molecule has 1 N–H and O–H groups in total. The summed E-state index contributed by atoms with van der Waals surface area (Å²) in [5.74, 6) is -1.19. The average Bonchev–Trinajstić information content (AvgIpc) is 2.46. The summed E-state index contributed by atoms with van der Waals surface area (Å²) >= 11 is 0. The molecule has 0 aromatic heterocycles. The van der Waals surface area contributed by atoms with E-state index in [-0.39, 0.29) is 12.0 Å². The van der Waals surface area contributed by atoms with Gasteiger partial charge in [0.2, 0.25) is 0 Å². The van der Waals surface area contributed by atoms with E-state index in [2.05, 4.69) is 19.2 Å². The second-order valence-electron chi connectivity index (χ2n) is 5.15. The van der Waals surface area contributed by atoms with Crippen molar-refractivity contribution in [3.05, 3.63) is 0 Å². The van der Waals surface area contributed by atoms with Crippen LogP contribution in [0.15, 0.2) is 0 Å². The van der Waals surface area contributed by atoms with Gasteiger partial charge in [0.1, 0.15) is 6.54 Å². The highest BCUT2D eigenvalue weighted by molar-refractivity contribution is 6.35. The van der Waals surface area contributed by atoms with Crippen LogP contribution in [-0.2, 0) is 9.59 Å². The van der Waals surface area contributed by atoms with E-state index in [0.29, 0.717) is 13.1 Å². The van der Waals surface area contributed by atoms with Crippen LogP contribution in [0, 0.1) is 16.7 Å². The van der Waals surface area contributed by atoms with Gasteiger partial charge < -0.3 is 10.2 Å². The molecule has 1 aliphatic heterocycles. The summed E-state index contributed by atoms with van der Waals surface area (Å²) in [6, 6.07) is 1.78. The number of rotatable bonds is 1. The van der Waals surface area contributed by atoms with E-state index in [1.165, 1.54) is 0 Å². The predicted molar refractivity (Wildman–Crippen MR) is 62.8 cm³/mol. The Balaban J connectivity index is 2.53. The van der Waals surface area contributed by atoms with Gasteiger partial charge in [-0.2, -0.15) is 5.26 Å². The molecule has 1 rings (SSSR count). The Morgan fingerprint density at radius 3 is 2.71 bits per heavy atom. The maximum Gasteiger partial charge on any atom is 0.311 e. The summed E-state index contributed by atoms with van der Waals surface area (Å²) in [4.78, 5) is 24.8. The van der Waals surface area contributed by atoms with Gasteiger partial charge in [-0.3, -0.25) is 9.59 Å². The molecule has 1 heterocycles. The minimum atomic E-state index is -0.675. The molecule has 1 fully saturated rings. The number of amides is 2. The number of nitrogens with one attached hydrogen (secondary N) is 1. The van der Waals surface area contributed by atoms with Gasteiger partial charge in [-0.25, -0.2) is 0 Å². The molecule has 0 bridgehead atoms. The highest BCUT2D eigenvalue weighted by Gasteiger charge is 2.28. The van der Waals surface area contributed by atoms with Crippen LogP contribution in [0.25, 0.3) is 0 Å². The summed E-state index contributed by atoms with van der Waals surface area (Å²) < 4.78 is 0. The molecule has 5 nitrogen and oxygen atoms in total. The molecule has 0 spiro atoms. The van der Waals surface area contributed by atoms with E-state index in [0.717, 1.165) is 19.3 Å². The van der Waals surface area contributed by atoms with Crippen LogP contribution in [0.2, 0.25) is 0 Å². The lowest BCUT2D eigenvalue weighted by Gasteiger charge is -2.22. The number of nitrogens with zero attached hydrogens (tertiary/aromatic N) is 2. The van der Waals surface area contributed by atoms with Crippen molar-refractivity contribution in [3.63, 3.8) is 0 Å². The molecule has 0 aromatic carbocycles. The third kappa shape index (κ3) is 4.06. The zero-order valence-corrected chi connectivity index (χ0v) is 10.5. The highest BCUT2D eigenvalue weighted by Crippen LogP contribution is 2.29. The van der Waals surface area contributed by atoms with E-state index < -0.39 is 11.8 Å². The second kappa shape index (κ2) is 5.67. The number of hydrogen-bond acceptors (Lipinski definition) is 3. The fourth-order valence-corrected chi connectivity index (χ4v) is 1.97. The number of carbonyl (C=O) groups excluding carboxylic acids is 2. The van der Waals surface area contributed by atoms with Crippen LogP contribution in [0.3, 0.4) is 0 Å². The largest absolute Gasteiger partial charge is 0.335 e. The van der Waals surface area contributed by atoms with Crippen LogP contribution >= 0.6 is 0 Å². The van der Waals surface area contributed by atoms with E-state index in [9.17, 15) is 9.59 Å². The lowest BCUT2D eigenvalue weighted by atomic mass is 9.85. The Labute approximate surface area is 102 Å². The molecule has 2 amide bonds. The molecule has 0 atom stereocenters. The Morgan fingerprint density at radius 2 is 2.06 bits per heavy atom.